The molecule has 0 unspecified atom stereocenters. The molecule has 2 fully saturated rings. The second kappa shape index (κ2) is 9.28. The molecule has 12 nitrogen and oxygen atoms in total. The van der Waals surface area contributed by atoms with E-state index >= 15 is 0 Å². The fourth-order valence-electron chi connectivity index (χ4n) is 5.96. The second-order valence-corrected chi connectivity index (χ2v) is 9.84. The minimum absolute atomic E-state index is 0.122. The number of carbonyl (C=O) groups excluding carboxylic acids is 3. The van der Waals surface area contributed by atoms with Crippen LogP contribution in [0.4, 0.5) is 16.2 Å². The van der Waals surface area contributed by atoms with Crippen LogP contribution >= 0.6 is 0 Å². The molecule has 2 aromatic carbocycles. The van der Waals surface area contributed by atoms with Crippen LogP contribution in [0.3, 0.4) is 0 Å². The first-order valence-corrected chi connectivity index (χ1v) is 12.2. The number of methoxy groups -OCH3 is 2. The molecule has 38 heavy (non-hydrogen) atoms. The van der Waals surface area contributed by atoms with Crippen molar-refractivity contribution < 1.29 is 33.5 Å². The summed E-state index contributed by atoms with van der Waals surface area (Å²) in [4.78, 5) is 54.9. The normalized spacial score (nSPS) is 26.5. The van der Waals surface area contributed by atoms with Crippen LogP contribution in [0.25, 0.3) is 0 Å². The molecule has 5 rings (SSSR count). The molecule has 3 aliphatic rings. The van der Waals surface area contributed by atoms with Crippen molar-refractivity contribution in [3.8, 4) is 11.5 Å². The summed E-state index contributed by atoms with van der Waals surface area (Å²) in [5.74, 6) is -0.485. The number of amides is 4. The van der Waals surface area contributed by atoms with Gasteiger partial charge in [-0.2, -0.15) is 0 Å². The third-order valence-electron chi connectivity index (χ3n) is 7.49. The molecule has 200 valence electrons. The van der Waals surface area contributed by atoms with Gasteiger partial charge in [0.25, 0.3) is 5.69 Å². The molecule has 3 heterocycles. The maximum absolute atomic E-state index is 14.3. The van der Waals surface area contributed by atoms with Crippen molar-refractivity contribution in [3.63, 3.8) is 0 Å². The number of nitrogens with one attached hydrogen (secondary N) is 1. The van der Waals surface area contributed by atoms with Crippen molar-refractivity contribution in [1.82, 2.24) is 10.2 Å². The molecule has 12 heteroatoms. The van der Waals surface area contributed by atoms with Gasteiger partial charge in [0.2, 0.25) is 11.8 Å². The molecule has 1 N–H and O–H groups in total. The summed E-state index contributed by atoms with van der Waals surface area (Å²) in [5, 5.41) is 13.9. The van der Waals surface area contributed by atoms with E-state index in [1.165, 1.54) is 26.4 Å². The fourth-order valence-corrected chi connectivity index (χ4v) is 5.96. The van der Waals surface area contributed by atoms with Gasteiger partial charge in [0.1, 0.15) is 11.5 Å². The van der Waals surface area contributed by atoms with Crippen molar-refractivity contribution in [2.45, 2.75) is 45.1 Å². The number of urea groups is 1. The van der Waals surface area contributed by atoms with Gasteiger partial charge in [0, 0.05) is 36.9 Å². The van der Waals surface area contributed by atoms with E-state index in [2.05, 4.69) is 5.32 Å². The smallest absolute Gasteiger partial charge is 0.331 e. The molecular formula is C26H28N4O8. The number of barbiturate groups is 1. The zero-order valence-corrected chi connectivity index (χ0v) is 21.4. The van der Waals surface area contributed by atoms with Gasteiger partial charge in [-0.1, -0.05) is 0 Å². The van der Waals surface area contributed by atoms with Crippen LogP contribution in [0.5, 0.6) is 11.5 Å². The SMILES string of the molecule is COc1cc(CN2C(=O)NC(=O)[C@]3(Cc4cc([N+](=O)[O-])ccc4N4C[C@H](C)O[C@H](C)[C@@H]43)C2=O)cc(OC)c1. The van der Waals surface area contributed by atoms with E-state index in [-0.39, 0.29) is 24.8 Å². The number of rotatable bonds is 5. The molecule has 0 saturated carbocycles. The number of nitro groups is 1. The summed E-state index contributed by atoms with van der Waals surface area (Å²) < 4.78 is 16.7. The average molecular weight is 525 g/mol. The largest absolute Gasteiger partial charge is 0.497 e. The highest BCUT2D eigenvalue weighted by Gasteiger charge is 2.64. The third-order valence-corrected chi connectivity index (χ3v) is 7.49. The average Bonchev–Trinajstić information content (AvgIpc) is 2.88. The van der Waals surface area contributed by atoms with Crippen LogP contribution in [0.2, 0.25) is 0 Å². The van der Waals surface area contributed by atoms with Crippen LogP contribution in [0, 0.1) is 15.5 Å². The number of ether oxygens (including phenoxy) is 3. The summed E-state index contributed by atoms with van der Waals surface area (Å²) >= 11 is 0. The number of fused-ring (bicyclic) bond motifs is 4. The van der Waals surface area contributed by atoms with Gasteiger partial charge >= 0.3 is 6.03 Å². The highest BCUT2D eigenvalue weighted by atomic mass is 16.6. The standard InChI is InChI=1S/C26H28N4O8/c1-14-12-28-21-6-5-18(30(34)35)9-17(21)11-26(22(28)15(2)38-14)23(31)27-25(33)29(24(26)32)13-16-7-19(36-3)10-20(8-16)37-4/h5-10,14-15,22H,11-13H2,1-4H3,(H,27,31,33)/t14-,15+,22+,26+/m0/s1. The fraction of sp³-hybridized carbons (Fsp3) is 0.423. The van der Waals surface area contributed by atoms with E-state index in [0.29, 0.717) is 34.9 Å². The summed E-state index contributed by atoms with van der Waals surface area (Å²) in [6, 6.07) is 7.88. The van der Waals surface area contributed by atoms with E-state index in [9.17, 15) is 24.5 Å². The molecular weight excluding hydrogens is 496 g/mol. The van der Waals surface area contributed by atoms with Gasteiger partial charge in [-0.05, 0) is 43.2 Å². The summed E-state index contributed by atoms with van der Waals surface area (Å²) in [6.45, 7) is 3.89. The lowest BCUT2D eigenvalue weighted by Gasteiger charge is -2.56. The Morgan fingerprint density at radius 3 is 2.42 bits per heavy atom. The molecule has 0 aliphatic carbocycles. The number of nitrogens with zero attached hydrogens (tertiary/aromatic N) is 3. The minimum atomic E-state index is -1.75. The first-order valence-electron chi connectivity index (χ1n) is 12.2. The van der Waals surface area contributed by atoms with Gasteiger partial charge in [-0.15, -0.1) is 0 Å². The van der Waals surface area contributed by atoms with Crippen LogP contribution in [-0.4, -0.2) is 66.7 Å². The minimum Gasteiger partial charge on any atom is -0.497 e. The molecule has 2 aromatic rings. The lowest BCUT2D eigenvalue weighted by molar-refractivity contribution is -0.384. The summed E-state index contributed by atoms with van der Waals surface area (Å²) in [5.41, 5.74) is -0.155. The molecule has 2 saturated heterocycles. The molecule has 0 bridgehead atoms. The molecule has 4 atom stereocenters. The van der Waals surface area contributed by atoms with E-state index in [1.54, 1.807) is 31.2 Å². The summed E-state index contributed by atoms with van der Waals surface area (Å²) in [7, 11) is 2.98. The van der Waals surface area contributed by atoms with Crippen molar-refractivity contribution >= 4 is 29.2 Å². The summed E-state index contributed by atoms with van der Waals surface area (Å²) in [6.07, 6.45) is -0.893. The van der Waals surface area contributed by atoms with E-state index in [4.69, 9.17) is 14.2 Å². The highest BCUT2D eigenvalue weighted by molar-refractivity contribution is 6.20. The van der Waals surface area contributed by atoms with Crippen molar-refractivity contribution in [1.29, 1.82) is 0 Å². The monoisotopic (exact) mass is 524 g/mol. The van der Waals surface area contributed by atoms with Crippen molar-refractivity contribution in [3.05, 3.63) is 57.6 Å². The predicted molar refractivity (Wildman–Crippen MR) is 134 cm³/mol. The number of benzene rings is 2. The van der Waals surface area contributed by atoms with E-state index in [1.807, 2.05) is 11.8 Å². The Labute approximate surface area is 218 Å². The Bertz CT molecular complexity index is 1320. The number of hydrogen-bond donors (Lipinski definition) is 1. The molecule has 3 aliphatic heterocycles. The van der Waals surface area contributed by atoms with Gasteiger partial charge in [-0.25, -0.2) is 4.79 Å². The zero-order valence-electron chi connectivity index (χ0n) is 21.4. The lowest BCUT2D eigenvalue weighted by Crippen LogP contribution is -2.75. The van der Waals surface area contributed by atoms with Gasteiger partial charge in [0.15, 0.2) is 5.41 Å². The Balaban J connectivity index is 1.62. The van der Waals surface area contributed by atoms with Crippen molar-refractivity contribution in [2.24, 2.45) is 5.41 Å². The maximum Gasteiger partial charge on any atom is 0.331 e. The highest BCUT2D eigenvalue weighted by Crippen LogP contribution is 2.48. The number of carbonyl (C=O) groups is 3. The molecule has 4 amide bonds. The second-order valence-electron chi connectivity index (χ2n) is 9.84. The van der Waals surface area contributed by atoms with Crippen LogP contribution in [0.1, 0.15) is 25.0 Å². The Morgan fingerprint density at radius 2 is 1.79 bits per heavy atom. The van der Waals surface area contributed by atoms with Crippen LogP contribution in [-0.2, 0) is 27.3 Å². The maximum atomic E-state index is 14.3. The molecule has 0 aromatic heterocycles. The first-order chi connectivity index (χ1) is 18.1. The predicted octanol–water partition coefficient (Wildman–Crippen LogP) is 2.42. The van der Waals surface area contributed by atoms with Gasteiger partial charge in [0.05, 0.1) is 43.9 Å². The molecule has 0 radical (unpaired) electrons. The number of non-ortho nitro benzene ring substituents is 1. The third kappa shape index (κ3) is 3.92. The van der Waals surface area contributed by atoms with Crippen LogP contribution in [0.15, 0.2) is 36.4 Å². The Morgan fingerprint density at radius 1 is 1.11 bits per heavy atom. The van der Waals surface area contributed by atoms with Crippen molar-refractivity contribution in [2.75, 3.05) is 25.7 Å². The van der Waals surface area contributed by atoms with Crippen LogP contribution < -0.4 is 19.7 Å². The Kier molecular flexibility index (Phi) is 6.22. The topological polar surface area (TPSA) is 141 Å². The van der Waals surface area contributed by atoms with E-state index < -0.39 is 40.3 Å². The number of hydrogen-bond acceptors (Lipinski definition) is 9. The van der Waals surface area contributed by atoms with Gasteiger partial charge < -0.3 is 19.1 Å². The zero-order chi connectivity index (χ0) is 27.4. The quantitative estimate of drug-likeness (QED) is 0.355. The number of morpholine rings is 1. The van der Waals surface area contributed by atoms with E-state index in [0.717, 1.165) is 4.90 Å². The number of anilines is 1. The first kappa shape index (κ1) is 25.5. The molecule has 1 spiro atoms. The number of imide groups is 2. The lowest BCUT2D eigenvalue weighted by atomic mass is 9.66. The number of nitro benzene ring substituents is 1. The Hall–Kier alpha value is -4.19. The van der Waals surface area contributed by atoms with Gasteiger partial charge in [-0.3, -0.25) is 29.9 Å².